The van der Waals surface area contributed by atoms with Gasteiger partial charge < -0.3 is 10.6 Å². The van der Waals surface area contributed by atoms with Gasteiger partial charge in [-0.25, -0.2) is 0 Å². The molecule has 1 atom stereocenters. The predicted octanol–water partition coefficient (Wildman–Crippen LogP) is 1.49. The number of aryl methyl sites for hydroxylation is 1. The van der Waals surface area contributed by atoms with Crippen LogP contribution in [-0.4, -0.2) is 29.3 Å². The maximum absolute atomic E-state index is 5.56. The van der Waals surface area contributed by atoms with Gasteiger partial charge in [0.05, 0.1) is 5.69 Å². The molecule has 0 aromatic carbocycles. The number of anilines is 1. The summed E-state index contributed by atoms with van der Waals surface area (Å²) < 4.78 is 0. The van der Waals surface area contributed by atoms with E-state index in [1.54, 1.807) is 0 Å². The Bertz CT molecular complexity index is 322. The molecule has 1 unspecified atom stereocenters. The van der Waals surface area contributed by atoms with Crippen molar-refractivity contribution in [3.05, 3.63) is 17.8 Å². The number of rotatable bonds is 4. The first-order chi connectivity index (χ1) is 7.81. The molecule has 88 valence electrons. The second-order valence-corrected chi connectivity index (χ2v) is 4.45. The minimum absolute atomic E-state index is 0.612. The third-order valence-corrected chi connectivity index (χ3v) is 3.20. The molecule has 1 aliphatic heterocycles. The van der Waals surface area contributed by atoms with Gasteiger partial charge in [0, 0.05) is 12.6 Å². The number of aromatic nitrogens is 2. The molecule has 0 spiro atoms. The Kier molecular flexibility index (Phi) is 3.72. The monoisotopic (exact) mass is 220 g/mol. The molecule has 0 saturated carbocycles. The highest BCUT2D eigenvalue weighted by atomic mass is 15.3. The minimum atomic E-state index is 0.612. The van der Waals surface area contributed by atoms with Gasteiger partial charge in [0.15, 0.2) is 5.82 Å². The summed E-state index contributed by atoms with van der Waals surface area (Å²) in [6.07, 6.45) is 4.78. The van der Waals surface area contributed by atoms with Gasteiger partial charge in [0.25, 0.3) is 0 Å². The van der Waals surface area contributed by atoms with E-state index >= 15 is 0 Å². The van der Waals surface area contributed by atoms with Crippen LogP contribution in [0, 0.1) is 6.92 Å². The number of hydrogen-bond donors (Lipinski definition) is 1. The van der Waals surface area contributed by atoms with Crippen molar-refractivity contribution in [2.24, 2.45) is 5.73 Å². The summed E-state index contributed by atoms with van der Waals surface area (Å²) in [7, 11) is 0. The zero-order valence-electron chi connectivity index (χ0n) is 9.89. The van der Waals surface area contributed by atoms with Crippen molar-refractivity contribution in [2.45, 2.75) is 38.6 Å². The molecule has 0 amide bonds. The molecule has 1 aromatic rings. The lowest BCUT2D eigenvalue weighted by Gasteiger charge is -2.25. The Morgan fingerprint density at radius 1 is 1.44 bits per heavy atom. The van der Waals surface area contributed by atoms with Crippen molar-refractivity contribution in [3.63, 3.8) is 0 Å². The molecule has 0 bridgehead atoms. The topological polar surface area (TPSA) is 55.0 Å². The zero-order valence-corrected chi connectivity index (χ0v) is 9.89. The quantitative estimate of drug-likeness (QED) is 0.835. The Morgan fingerprint density at radius 2 is 2.31 bits per heavy atom. The lowest BCUT2D eigenvalue weighted by molar-refractivity contribution is 0.580. The maximum Gasteiger partial charge on any atom is 0.151 e. The van der Waals surface area contributed by atoms with Crippen LogP contribution in [0.25, 0.3) is 0 Å². The number of hydrogen-bond acceptors (Lipinski definition) is 4. The van der Waals surface area contributed by atoms with Crippen molar-refractivity contribution in [2.75, 3.05) is 18.0 Å². The van der Waals surface area contributed by atoms with E-state index in [1.807, 2.05) is 13.0 Å². The maximum atomic E-state index is 5.56. The van der Waals surface area contributed by atoms with Gasteiger partial charge in [0.2, 0.25) is 0 Å². The fourth-order valence-electron chi connectivity index (χ4n) is 2.34. The third kappa shape index (κ3) is 2.50. The molecule has 4 heteroatoms. The van der Waals surface area contributed by atoms with E-state index in [9.17, 15) is 0 Å². The molecule has 16 heavy (non-hydrogen) atoms. The highest BCUT2D eigenvalue weighted by Gasteiger charge is 2.24. The SMILES string of the molecule is Cc1ccc(N2CCCC2CCCN)nn1. The smallest absolute Gasteiger partial charge is 0.151 e. The summed E-state index contributed by atoms with van der Waals surface area (Å²) in [4.78, 5) is 2.38. The van der Waals surface area contributed by atoms with Gasteiger partial charge in [-0.05, 0) is 51.3 Å². The molecular weight excluding hydrogens is 200 g/mol. The van der Waals surface area contributed by atoms with Crippen LogP contribution in [-0.2, 0) is 0 Å². The summed E-state index contributed by atoms with van der Waals surface area (Å²) in [5.74, 6) is 1.02. The van der Waals surface area contributed by atoms with Crippen molar-refractivity contribution in [1.82, 2.24) is 10.2 Å². The van der Waals surface area contributed by atoms with E-state index in [0.29, 0.717) is 6.04 Å². The second-order valence-electron chi connectivity index (χ2n) is 4.45. The zero-order chi connectivity index (χ0) is 11.4. The van der Waals surface area contributed by atoms with E-state index in [0.717, 1.165) is 31.0 Å². The van der Waals surface area contributed by atoms with E-state index in [1.165, 1.54) is 19.3 Å². The summed E-state index contributed by atoms with van der Waals surface area (Å²) >= 11 is 0. The third-order valence-electron chi connectivity index (χ3n) is 3.20. The minimum Gasteiger partial charge on any atom is -0.352 e. The molecule has 1 saturated heterocycles. The normalized spacial score (nSPS) is 20.4. The van der Waals surface area contributed by atoms with Gasteiger partial charge in [-0.3, -0.25) is 0 Å². The first-order valence-electron chi connectivity index (χ1n) is 6.08. The Morgan fingerprint density at radius 3 is 3.00 bits per heavy atom. The van der Waals surface area contributed by atoms with Crippen LogP contribution >= 0.6 is 0 Å². The fraction of sp³-hybridized carbons (Fsp3) is 0.667. The molecular formula is C12H20N4. The molecule has 1 aromatic heterocycles. The molecule has 0 radical (unpaired) electrons. The molecule has 4 nitrogen and oxygen atoms in total. The van der Waals surface area contributed by atoms with E-state index in [-0.39, 0.29) is 0 Å². The van der Waals surface area contributed by atoms with Crippen molar-refractivity contribution < 1.29 is 0 Å². The van der Waals surface area contributed by atoms with Crippen molar-refractivity contribution >= 4 is 5.82 Å². The van der Waals surface area contributed by atoms with Crippen LogP contribution in [0.3, 0.4) is 0 Å². The standard InChI is InChI=1S/C12H20N4/c1-10-6-7-12(15-14-10)16-9-3-5-11(16)4-2-8-13/h6-7,11H,2-5,8-9,13H2,1H3. The van der Waals surface area contributed by atoms with Gasteiger partial charge in [-0.15, -0.1) is 5.10 Å². The van der Waals surface area contributed by atoms with E-state index in [2.05, 4.69) is 21.2 Å². The molecule has 2 rings (SSSR count). The number of nitrogens with two attached hydrogens (primary N) is 1. The largest absolute Gasteiger partial charge is 0.352 e. The van der Waals surface area contributed by atoms with Crippen LogP contribution in [0.2, 0.25) is 0 Å². The molecule has 1 fully saturated rings. The Balaban J connectivity index is 2.04. The van der Waals surface area contributed by atoms with Gasteiger partial charge in [-0.1, -0.05) is 0 Å². The van der Waals surface area contributed by atoms with Gasteiger partial charge in [0.1, 0.15) is 0 Å². The van der Waals surface area contributed by atoms with Gasteiger partial charge >= 0.3 is 0 Å². The van der Waals surface area contributed by atoms with Gasteiger partial charge in [-0.2, -0.15) is 5.10 Å². The summed E-state index contributed by atoms with van der Waals surface area (Å²) in [5, 5.41) is 8.39. The fourth-order valence-corrected chi connectivity index (χ4v) is 2.34. The van der Waals surface area contributed by atoms with Crippen LogP contribution in [0.1, 0.15) is 31.4 Å². The van der Waals surface area contributed by atoms with Crippen LogP contribution in [0.15, 0.2) is 12.1 Å². The summed E-state index contributed by atoms with van der Waals surface area (Å²) in [6.45, 7) is 3.85. The lowest BCUT2D eigenvalue weighted by atomic mass is 10.1. The first-order valence-corrected chi connectivity index (χ1v) is 6.08. The van der Waals surface area contributed by atoms with Crippen LogP contribution in [0.5, 0.6) is 0 Å². The summed E-state index contributed by atoms with van der Waals surface area (Å²) in [6, 6.07) is 4.71. The highest BCUT2D eigenvalue weighted by molar-refractivity contribution is 5.39. The molecule has 2 heterocycles. The average Bonchev–Trinajstić information content (AvgIpc) is 2.75. The predicted molar refractivity (Wildman–Crippen MR) is 65.4 cm³/mol. The highest BCUT2D eigenvalue weighted by Crippen LogP contribution is 2.25. The second kappa shape index (κ2) is 5.25. The molecule has 1 aliphatic rings. The Hall–Kier alpha value is -1.16. The van der Waals surface area contributed by atoms with E-state index < -0.39 is 0 Å². The number of nitrogens with zero attached hydrogens (tertiary/aromatic N) is 3. The Labute approximate surface area is 96.9 Å². The summed E-state index contributed by atoms with van der Waals surface area (Å²) in [5.41, 5.74) is 6.54. The lowest BCUT2D eigenvalue weighted by Crippen LogP contribution is -2.30. The molecule has 2 N–H and O–H groups in total. The van der Waals surface area contributed by atoms with Crippen LogP contribution < -0.4 is 10.6 Å². The average molecular weight is 220 g/mol. The van der Waals surface area contributed by atoms with Crippen LogP contribution in [0.4, 0.5) is 5.82 Å². The van der Waals surface area contributed by atoms with E-state index in [4.69, 9.17) is 5.73 Å². The van der Waals surface area contributed by atoms with Crippen molar-refractivity contribution in [3.8, 4) is 0 Å². The van der Waals surface area contributed by atoms with Crippen molar-refractivity contribution in [1.29, 1.82) is 0 Å². The molecule has 0 aliphatic carbocycles. The first kappa shape index (κ1) is 11.3.